The minimum atomic E-state index is -3.48. The normalized spacial score (nSPS) is 18.8. The maximum absolute atomic E-state index is 12.9. The van der Waals surface area contributed by atoms with Crippen LogP contribution in [0.4, 0.5) is 11.5 Å². The largest absolute Gasteiger partial charge is 0.333 e. The molecule has 2 heterocycles. The Balaban J connectivity index is 1.53. The van der Waals surface area contributed by atoms with Crippen molar-refractivity contribution in [2.24, 2.45) is 0 Å². The fraction of sp³-hybridized carbons (Fsp3) is 0.150. The molecule has 1 aromatic heterocycles. The number of benzene rings is 2. The van der Waals surface area contributed by atoms with Crippen LogP contribution in [0.5, 0.6) is 0 Å². The van der Waals surface area contributed by atoms with Gasteiger partial charge in [0.1, 0.15) is 11.4 Å². The highest BCUT2D eigenvalue weighted by molar-refractivity contribution is 8.01. The van der Waals surface area contributed by atoms with Crippen molar-refractivity contribution in [3.8, 4) is 0 Å². The molecule has 0 radical (unpaired) electrons. The molecule has 0 spiro atoms. The van der Waals surface area contributed by atoms with Gasteiger partial charge in [0.25, 0.3) is 0 Å². The molecule has 10 heteroatoms. The number of hydrogen-bond acceptors (Lipinski definition) is 8. The molecule has 0 aliphatic carbocycles. The summed E-state index contributed by atoms with van der Waals surface area (Å²) in [6, 6.07) is 13.9. The van der Waals surface area contributed by atoms with Gasteiger partial charge < -0.3 is 10.6 Å². The molecule has 1 atom stereocenters. The Morgan fingerprint density at radius 3 is 2.57 bits per heavy atom. The van der Waals surface area contributed by atoms with Gasteiger partial charge in [-0.05, 0) is 49.2 Å². The first kappa shape index (κ1) is 20.3. The summed E-state index contributed by atoms with van der Waals surface area (Å²) < 4.78 is 27.0. The summed E-state index contributed by atoms with van der Waals surface area (Å²) in [6.45, 7) is 1.71. The second-order valence-electron chi connectivity index (χ2n) is 7.01. The van der Waals surface area contributed by atoms with Gasteiger partial charge in [-0.25, -0.2) is 18.1 Å². The van der Waals surface area contributed by atoms with Gasteiger partial charge >= 0.3 is 0 Å². The van der Waals surface area contributed by atoms with E-state index in [9.17, 15) is 13.2 Å². The molecule has 8 nitrogen and oxygen atoms in total. The smallest absolute Gasteiger partial charge is 0.249 e. The van der Waals surface area contributed by atoms with E-state index in [0.29, 0.717) is 10.8 Å². The Labute approximate surface area is 178 Å². The Kier molecular flexibility index (Phi) is 5.22. The summed E-state index contributed by atoms with van der Waals surface area (Å²) in [5.74, 6) is 0.175. The van der Waals surface area contributed by atoms with Crippen LogP contribution in [0, 0.1) is 0 Å². The molecule has 1 aliphatic heterocycles. The third-order valence-electron chi connectivity index (χ3n) is 4.50. The fourth-order valence-corrected chi connectivity index (χ4v) is 4.71. The van der Waals surface area contributed by atoms with Crippen LogP contribution in [-0.2, 0) is 14.6 Å². The van der Waals surface area contributed by atoms with Crippen LogP contribution in [0.15, 0.2) is 70.7 Å². The van der Waals surface area contributed by atoms with Crippen molar-refractivity contribution in [3.05, 3.63) is 65.8 Å². The lowest BCUT2D eigenvalue weighted by molar-refractivity contribution is -0.119. The molecule has 1 amide bonds. The SMILES string of the molecule is CC1(C(=O)Nc2ccccc2S(C)(=O)=O)C=C(Nc2cnc3ccccc3n2)SN1. The number of carbonyl (C=O) groups excluding carboxylic acids is 1. The molecule has 0 bridgehead atoms. The molecule has 1 aliphatic rings. The number of hydrogen-bond donors (Lipinski definition) is 3. The Morgan fingerprint density at radius 1 is 1.10 bits per heavy atom. The number of fused-ring (bicyclic) bond motifs is 1. The average molecular weight is 442 g/mol. The first-order valence-corrected chi connectivity index (χ1v) is 11.7. The van der Waals surface area contributed by atoms with Crippen LogP contribution in [-0.4, -0.2) is 36.1 Å². The number of nitrogens with zero attached hydrogens (tertiary/aromatic N) is 2. The van der Waals surface area contributed by atoms with Crippen LogP contribution in [0.2, 0.25) is 0 Å². The summed E-state index contributed by atoms with van der Waals surface area (Å²) in [7, 11) is -3.48. The number of carbonyl (C=O) groups is 1. The zero-order valence-corrected chi connectivity index (χ0v) is 17.8. The molecule has 4 rings (SSSR count). The van der Waals surface area contributed by atoms with E-state index < -0.39 is 15.4 Å². The molecule has 2 aromatic carbocycles. The van der Waals surface area contributed by atoms with Crippen molar-refractivity contribution < 1.29 is 13.2 Å². The second kappa shape index (κ2) is 7.71. The van der Waals surface area contributed by atoms with Crippen molar-refractivity contribution in [2.45, 2.75) is 17.4 Å². The van der Waals surface area contributed by atoms with Crippen molar-refractivity contribution in [2.75, 3.05) is 16.9 Å². The highest BCUT2D eigenvalue weighted by atomic mass is 32.2. The van der Waals surface area contributed by atoms with Gasteiger partial charge in [-0.1, -0.05) is 24.3 Å². The van der Waals surface area contributed by atoms with E-state index in [-0.39, 0.29) is 16.5 Å². The lowest BCUT2D eigenvalue weighted by Gasteiger charge is -2.21. The van der Waals surface area contributed by atoms with E-state index in [2.05, 4.69) is 25.3 Å². The third kappa shape index (κ3) is 4.16. The van der Waals surface area contributed by atoms with Gasteiger partial charge in [-0.3, -0.25) is 9.78 Å². The van der Waals surface area contributed by atoms with Gasteiger partial charge in [-0.2, -0.15) is 0 Å². The van der Waals surface area contributed by atoms with E-state index in [1.807, 2.05) is 24.3 Å². The van der Waals surface area contributed by atoms with Gasteiger partial charge in [-0.15, -0.1) is 0 Å². The summed E-state index contributed by atoms with van der Waals surface area (Å²) in [5.41, 5.74) is 0.746. The van der Waals surface area contributed by atoms with E-state index in [1.54, 1.807) is 37.4 Å². The lowest BCUT2D eigenvalue weighted by atomic mass is 10.0. The number of para-hydroxylation sites is 3. The average Bonchev–Trinajstić information content (AvgIpc) is 3.09. The highest BCUT2D eigenvalue weighted by Gasteiger charge is 2.37. The number of aromatic nitrogens is 2. The van der Waals surface area contributed by atoms with Gasteiger partial charge in [0.05, 0.1) is 32.8 Å². The van der Waals surface area contributed by atoms with Crippen molar-refractivity contribution in [3.63, 3.8) is 0 Å². The Hall–Kier alpha value is -2.95. The van der Waals surface area contributed by atoms with Crippen molar-refractivity contribution in [1.29, 1.82) is 0 Å². The maximum atomic E-state index is 12.9. The van der Waals surface area contributed by atoms with Gasteiger partial charge in [0.15, 0.2) is 9.84 Å². The van der Waals surface area contributed by atoms with Gasteiger partial charge in [0, 0.05) is 6.26 Å². The molecule has 0 saturated carbocycles. The van der Waals surface area contributed by atoms with E-state index in [1.165, 1.54) is 18.0 Å². The minimum Gasteiger partial charge on any atom is -0.333 e. The second-order valence-corrected chi connectivity index (χ2v) is 9.84. The predicted molar refractivity (Wildman–Crippen MR) is 119 cm³/mol. The van der Waals surface area contributed by atoms with Gasteiger partial charge in [0.2, 0.25) is 5.91 Å². The number of anilines is 2. The zero-order valence-electron chi connectivity index (χ0n) is 16.2. The van der Waals surface area contributed by atoms with Crippen LogP contribution in [0.3, 0.4) is 0 Å². The summed E-state index contributed by atoms with van der Waals surface area (Å²) in [5, 5.41) is 6.56. The van der Waals surface area contributed by atoms with Crippen LogP contribution < -0.4 is 15.4 Å². The van der Waals surface area contributed by atoms with E-state index in [0.717, 1.165) is 17.3 Å². The van der Waals surface area contributed by atoms with Crippen molar-refractivity contribution >= 4 is 50.2 Å². The van der Waals surface area contributed by atoms with E-state index >= 15 is 0 Å². The maximum Gasteiger partial charge on any atom is 0.249 e. The molecular formula is C20H19N5O3S2. The monoisotopic (exact) mass is 441 g/mol. The fourth-order valence-electron chi connectivity index (χ4n) is 2.94. The number of sulfone groups is 1. The first-order valence-electron chi connectivity index (χ1n) is 9.01. The quantitative estimate of drug-likeness (QED) is 0.518. The Bertz CT molecular complexity index is 1280. The molecule has 0 saturated heterocycles. The summed E-state index contributed by atoms with van der Waals surface area (Å²) in [6.07, 6.45) is 4.46. The van der Waals surface area contributed by atoms with Crippen LogP contribution in [0.1, 0.15) is 6.92 Å². The van der Waals surface area contributed by atoms with Crippen molar-refractivity contribution in [1.82, 2.24) is 14.7 Å². The first-order chi connectivity index (χ1) is 14.2. The molecule has 3 aromatic rings. The number of nitrogens with one attached hydrogen (secondary N) is 3. The minimum absolute atomic E-state index is 0.0707. The standard InChI is InChI=1S/C20H19N5O3S2/c1-20(19(26)23-15-9-5-6-10-16(15)30(2,27)28)11-18(29-25-20)24-17-12-21-13-7-3-4-8-14(13)22-17/h3-12,25H,1-2H3,(H,22,24)(H,23,26). The molecule has 0 fully saturated rings. The van der Waals surface area contributed by atoms with Crippen LogP contribution in [0.25, 0.3) is 11.0 Å². The topological polar surface area (TPSA) is 113 Å². The molecule has 3 N–H and O–H groups in total. The Morgan fingerprint density at radius 2 is 1.80 bits per heavy atom. The highest BCUT2D eigenvalue weighted by Crippen LogP contribution is 2.31. The predicted octanol–water partition coefficient (Wildman–Crippen LogP) is 2.94. The van der Waals surface area contributed by atoms with Crippen LogP contribution >= 0.6 is 11.9 Å². The molecular weight excluding hydrogens is 422 g/mol. The zero-order chi connectivity index (χ0) is 21.4. The summed E-state index contributed by atoms with van der Waals surface area (Å²) >= 11 is 1.25. The lowest BCUT2D eigenvalue weighted by Crippen LogP contribution is -2.45. The molecule has 154 valence electrons. The molecule has 1 unspecified atom stereocenters. The summed E-state index contributed by atoms with van der Waals surface area (Å²) in [4.78, 5) is 21.9. The third-order valence-corrected chi connectivity index (χ3v) is 6.62. The number of amides is 1. The van der Waals surface area contributed by atoms with E-state index in [4.69, 9.17) is 0 Å². The molecule has 30 heavy (non-hydrogen) atoms. The number of rotatable bonds is 5.